The molecule has 0 atom stereocenters. The molecule has 0 aliphatic heterocycles. The predicted octanol–water partition coefficient (Wildman–Crippen LogP) is 1.89. The molecule has 0 aromatic heterocycles. The first kappa shape index (κ1) is 14.8. The second-order valence-corrected chi connectivity index (χ2v) is 3.82. The molecule has 102 valence electrons. The fourth-order valence-corrected chi connectivity index (χ4v) is 1.63. The zero-order valence-corrected chi connectivity index (χ0v) is 10.2. The van der Waals surface area contributed by atoms with Crippen LogP contribution in [0.1, 0.15) is 18.1 Å². The highest BCUT2D eigenvalue weighted by Crippen LogP contribution is 2.34. The minimum absolute atomic E-state index is 0.181. The number of likely N-dealkylation sites (N-methyl/N-ethyl adjacent to an activating group) is 1. The van der Waals surface area contributed by atoms with E-state index >= 15 is 0 Å². The Bertz CT molecular complexity index is 520. The molecule has 0 heterocycles. The van der Waals surface area contributed by atoms with Gasteiger partial charge in [0.15, 0.2) is 0 Å². The van der Waals surface area contributed by atoms with Crippen LogP contribution in [-0.2, 0) is 11.0 Å². The number of primary amides is 1. The first-order valence-electron chi connectivity index (χ1n) is 5.44. The Hall–Kier alpha value is -2.23. The van der Waals surface area contributed by atoms with Crippen molar-refractivity contribution >= 4 is 11.6 Å². The highest BCUT2D eigenvalue weighted by atomic mass is 19.4. The number of alkyl halides is 3. The summed E-state index contributed by atoms with van der Waals surface area (Å²) in [7, 11) is 0. The fourth-order valence-electron chi connectivity index (χ4n) is 1.63. The summed E-state index contributed by atoms with van der Waals surface area (Å²) in [5.41, 5.74) is 3.76. The Morgan fingerprint density at radius 1 is 1.47 bits per heavy atom. The minimum atomic E-state index is -4.62. The van der Waals surface area contributed by atoms with E-state index < -0.39 is 23.2 Å². The number of benzene rings is 1. The smallest absolute Gasteiger partial charge is 0.368 e. The number of nitriles is 1. The van der Waals surface area contributed by atoms with Crippen molar-refractivity contribution in [1.82, 2.24) is 0 Å². The molecule has 1 aromatic carbocycles. The molecule has 19 heavy (non-hydrogen) atoms. The number of carbonyl (C=O) groups excluding carboxylic acids is 1. The van der Waals surface area contributed by atoms with Gasteiger partial charge in [-0.05, 0) is 25.1 Å². The van der Waals surface area contributed by atoms with Gasteiger partial charge in [0.05, 0.1) is 23.7 Å². The van der Waals surface area contributed by atoms with Gasteiger partial charge in [-0.1, -0.05) is 0 Å². The van der Waals surface area contributed by atoms with Gasteiger partial charge in [0.2, 0.25) is 5.91 Å². The molecule has 1 aromatic rings. The third-order valence-electron chi connectivity index (χ3n) is 2.52. The van der Waals surface area contributed by atoms with E-state index in [2.05, 4.69) is 0 Å². The number of halogens is 3. The van der Waals surface area contributed by atoms with Crippen molar-refractivity contribution in [3.63, 3.8) is 0 Å². The normalized spacial score (nSPS) is 10.9. The standard InChI is InChI=1S/C12H12F3N3O/c1-2-18(7-11(17)19)9-4-3-8(6-16)10(5-9)12(13,14)15/h3-5H,2,7H2,1H3,(H2,17,19). The van der Waals surface area contributed by atoms with E-state index in [1.807, 2.05) is 0 Å². The van der Waals surface area contributed by atoms with Crippen molar-refractivity contribution in [2.75, 3.05) is 18.0 Å². The lowest BCUT2D eigenvalue weighted by atomic mass is 10.1. The minimum Gasteiger partial charge on any atom is -0.368 e. The number of carbonyl (C=O) groups is 1. The van der Waals surface area contributed by atoms with E-state index in [1.54, 1.807) is 6.92 Å². The largest absolute Gasteiger partial charge is 0.417 e. The van der Waals surface area contributed by atoms with E-state index in [4.69, 9.17) is 11.0 Å². The molecule has 0 aliphatic rings. The van der Waals surface area contributed by atoms with Crippen LogP contribution in [0.2, 0.25) is 0 Å². The Labute approximate surface area is 108 Å². The number of nitrogens with zero attached hydrogens (tertiary/aromatic N) is 2. The number of rotatable bonds is 4. The summed E-state index contributed by atoms with van der Waals surface area (Å²) >= 11 is 0. The SMILES string of the molecule is CCN(CC(N)=O)c1ccc(C#N)c(C(F)(F)F)c1. The molecule has 0 spiro atoms. The molecule has 0 unspecified atom stereocenters. The van der Waals surface area contributed by atoms with Gasteiger partial charge in [0.25, 0.3) is 0 Å². The van der Waals surface area contributed by atoms with Crippen molar-refractivity contribution < 1.29 is 18.0 Å². The molecule has 4 nitrogen and oxygen atoms in total. The maximum atomic E-state index is 12.8. The summed E-state index contributed by atoms with van der Waals surface area (Å²) in [6.07, 6.45) is -4.62. The molecule has 1 amide bonds. The van der Waals surface area contributed by atoms with Crippen LogP contribution in [0.15, 0.2) is 18.2 Å². The van der Waals surface area contributed by atoms with Crippen LogP contribution in [0.4, 0.5) is 18.9 Å². The van der Waals surface area contributed by atoms with Crippen molar-refractivity contribution in [2.45, 2.75) is 13.1 Å². The van der Waals surface area contributed by atoms with Crippen LogP contribution in [-0.4, -0.2) is 19.0 Å². The van der Waals surface area contributed by atoms with Gasteiger partial charge in [-0.3, -0.25) is 4.79 Å². The van der Waals surface area contributed by atoms with Gasteiger partial charge in [-0.25, -0.2) is 0 Å². The molecule has 2 N–H and O–H groups in total. The van der Waals surface area contributed by atoms with Crippen LogP contribution in [0.3, 0.4) is 0 Å². The molecule has 1 rings (SSSR count). The lowest BCUT2D eigenvalue weighted by Crippen LogP contribution is -2.33. The second kappa shape index (κ2) is 5.61. The van der Waals surface area contributed by atoms with Gasteiger partial charge in [0.1, 0.15) is 0 Å². The average molecular weight is 271 g/mol. The highest BCUT2D eigenvalue weighted by molar-refractivity contribution is 5.79. The molecular weight excluding hydrogens is 259 g/mol. The lowest BCUT2D eigenvalue weighted by Gasteiger charge is -2.22. The molecule has 0 saturated heterocycles. The Morgan fingerprint density at radius 3 is 2.53 bits per heavy atom. The maximum Gasteiger partial charge on any atom is 0.417 e. The Morgan fingerprint density at radius 2 is 2.11 bits per heavy atom. The third-order valence-corrected chi connectivity index (χ3v) is 2.52. The Kier molecular flexibility index (Phi) is 4.38. The molecule has 0 radical (unpaired) electrons. The zero-order chi connectivity index (χ0) is 14.6. The van der Waals surface area contributed by atoms with Crippen LogP contribution >= 0.6 is 0 Å². The summed E-state index contributed by atoms with van der Waals surface area (Å²) in [5.74, 6) is -0.639. The summed E-state index contributed by atoms with van der Waals surface area (Å²) in [6.45, 7) is 1.83. The van der Waals surface area contributed by atoms with Crippen molar-refractivity contribution in [2.24, 2.45) is 5.73 Å². The maximum absolute atomic E-state index is 12.8. The molecule has 0 aliphatic carbocycles. The van der Waals surface area contributed by atoms with E-state index in [0.717, 1.165) is 12.1 Å². The van der Waals surface area contributed by atoms with E-state index in [9.17, 15) is 18.0 Å². The average Bonchev–Trinajstić information content (AvgIpc) is 2.34. The number of anilines is 1. The number of amides is 1. The van der Waals surface area contributed by atoms with E-state index in [1.165, 1.54) is 17.0 Å². The first-order valence-corrected chi connectivity index (χ1v) is 5.44. The van der Waals surface area contributed by atoms with Crippen molar-refractivity contribution in [3.8, 4) is 6.07 Å². The van der Waals surface area contributed by atoms with E-state index in [-0.39, 0.29) is 12.2 Å². The zero-order valence-electron chi connectivity index (χ0n) is 10.2. The quantitative estimate of drug-likeness (QED) is 0.909. The van der Waals surface area contributed by atoms with Crippen molar-refractivity contribution in [1.29, 1.82) is 5.26 Å². The molecule has 0 saturated carbocycles. The molecule has 0 bridgehead atoms. The highest BCUT2D eigenvalue weighted by Gasteiger charge is 2.34. The number of hydrogen-bond donors (Lipinski definition) is 1. The summed E-state index contributed by atoms with van der Waals surface area (Å²) in [4.78, 5) is 12.3. The van der Waals surface area contributed by atoms with Crippen LogP contribution in [0.5, 0.6) is 0 Å². The molecule has 7 heteroatoms. The first-order chi connectivity index (χ1) is 8.79. The summed E-state index contributed by atoms with van der Waals surface area (Å²) in [6, 6.07) is 4.80. The van der Waals surface area contributed by atoms with Crippen LogP contribution < -0.4 is 10.6 Å². The van der Waals surface area contributed by atoms with Crippen molar-refractivity contribution in [3.05, 3.63) is 29.3 Å². The van der Waals surface area contributed by atoms with Crippen LogP contribution in [0.25, 0.3) is 0 Å². The lowest BCUT2D eigenvalue weighted by molar-refractivity contribution is -0.137. The monoisotopic (exact) mass is 271 g/mol. The number of nitrogens with two attached hydrogens (primary N) is 1. The van der Waals surface area contributed by atoms with Crippen LogP contribution in [0, 0.1) is 11.3 Å². The predicted molar refractivity (Wildman–Crippen MR) is 63.2 cm³/mol. The van der Waals surface area contributed by atoms with Gasteiger partial charge in [-0.15, -0.1) is 0 Å². The molecular formula is C12H12F3N3O. The van der Waals surface area contributed by atoms with Gasteiger partial charge in [0, 0.05) is 12.2 Å². The van der Waals surface area contributed by atoms with Gasteiger partial charge < -0.3 is 10.6 Å². The number of hydrogen-bond acceptors (Lipinski definition) is 3. The van der Waals surface area contributed by atoms with Gasteiger partial charge >= 0.3 is 6.18 Å². The third kappa shape index (κ3) is 3.61. The second-order valence-electron chi connectivity index (χ2n) is 3.82. The fraction of sp³-hybridized carbons (Fsp3) is 0.333. The molecule has 0 fully saturated rings. The topological polar surface area (TPSA) is 70.1 Å². The Balaban J connectivity index is 3.25. The summed E-state index contributed by atoms with van der Waals surface area (Å²) in [5, 5.41) is 8.68. The van der Waals surface area contributed by atoms with E-state index in [0.29, 0.717) is 6.54 Å². The van der Waals surface area contributed by atoms with Gasteiger partial charge in [-0.2, -0.15) is 18.4 Å². The summed E-state index contributed by atoms with van der Waals surface area (Å²) < 4.78 is 38.4.